The second kappa shape index (κ2) is 5.43. The molecule has 1 aromatic heterocycles. The summed E-state index contributed by atoms with van der Waals surface area (Å²) in [6.45, 7) is 7.22. The van der Waals surface area contributed by atoms with Gasteiger partial charge in [-0.15, -0.1) is 11.3 Å². The maximum absolute atomic E-state index is 4.44. The van der Waals surface area contributed by atoms with Crippen LogP contribution in [-0.2, 0) is 6.54 Å². The van der Waals surface area contributed by atoms with Gasteiger partial charge in [0, 0.05) is 17.5 Å². The summed E-state index contributed by atoms with van der Waals surface area (Å²) < 4.78 is 0. The van der Waals surface area contributed by atoms with Crippen molar-refractivity contribution in [3.63, 3.8) is 0 Å². The molecular formula is C14H18N2S. The van der Waals surface area contributed by atoms with Crippen molar-refractivity contribution in [3.8, 4) is 0 Å². The number of nitrogens with zero attached hydrogens (tertiary/aromatic N) is 1. The predicted octanol–water partition coefficient (Wildman–Crippen LogP) is 3.61. The van der Waals surface area contributed by atoms with Gasteiger partial charge in [0.1, 0.15) is 0 Å². The summed E-state index contributed by atoms with van der Waals surface area (Å²) in [5, 5.41) is 4.68. The topological polar surface area (TPSA) is 24.9 Å². The molecule has 0 unspecified atom stereocenters. The van der Waals surface area contributed by atoms with E-state index >= 15 is 0 Å². The van der Waals surface area contributed by atoms with Gasteiger partial charge in [-0.1, -0.05) is 30.3 Å². The standard InChI is InChI=1S/C14H18N2S/c1-10(13-7-5-4-6-8-13)15-9-14-11(2)16-12(3)17-14/h4-8,10,15H,9H2,1-3H3/t10-/m0/s1. The quantitative estimate of drug-likeness (QED) is 0.891. The molecule has 0 saturated heterocycles. The van der Waals surface area contributed by atoms with Crippen LogP contribution in [0.4, 0.5) is 0 Å². The number of thiazole rings is 1. The fourth-order valence-electron chi connectivity index (χ4n) is 1.84. The Morgan fingerprint density at radius 2 is 1.94 bits per heavy atom. The molecule has 0 amide bonds. The smallest absolute Gasteiger partial charge is 0.0900 e. The third-order valence-corrected chi connectivity index (χ3v) is 3.94. The van der Waals surface area contributed by atoms with E-state index in [1.54, 1.807) is 11.3 Å². The van der Waals surface area contributed by atoms with Crippen LogP contribution in [0.2, 0.25) is 0 Å². The molecule has 90 valence electrons. The number of benzene rings is 1. The molecular weight excluding hydrogens is 228 g/mol. The Labute approximate surface area is 107 Å². The molecule has 0 fully saturated rings. The Morgan fingerprint density at radius 3 is 2.53 bits per heavy atom. The van der Waals surface area contributed by atoms with Crippen LogP contribution in [0.5, 0.6) is 0 Å². The molecule has 1 N–H and O–H groups in total. The second-order valence-corrected chi connectivity index (χ2v) is 5.54. The number of hydrogen-bond acceptors (Lipinski definition) is 3. The predicted molar refractivity (Wildman–Crippen MR) is 73.3 cm³/mol. The van der Waals surface area contributed by atoms with Gasteiger partial charge in [-0.05, 0) is 26.3 Å². The molecule has 0 saturated carbocycles. The van der Waals surface area contributed by atoms with Crippen molar-refractivity contribution in [3.05, 3.63) is 51.5 Å². The normalized spacial score (nSPS) is 12.6. The van der Waals surface area contributed by atoms with Crippen molar-refractivity contribution in [2.24, 2.45) is 0 Å². The van der Waals surface area contributed by atoms with E-state index in [1.165, 1.54) is 10.4 Å². The van der Waals surface area contributed by atoms with Crippen molar-refractivity contribution in [2.75, 3.05) is 0 Å². The van der Waals surface area contributed by atoms with E-state index in [9.17, 15) is 0 Å². The monoisotopic (exact) mass is 246 g/mol. The first kappa shape index (κ1) is 12.3. The Hall–Kier alpha value is -1.19. The zero-order valence-electron chi connectivity index (χ0n) is 10.5. The van der Waals surface area contributed by atoms with Crippen LogP contribution in [0, 0.1) is 13.8 Å². The Bertz CT molecular complexity index is 476. The average molecular weight is 246 g/mol. The first-order valence-electron chi connectivity index (χ1n) is 5.88. The number of aromatic nitrogens is 1. The summed E-state index contributed by atoms with van der Waals surface area (Å²) in [5.74, 6) is 0. The average Bonchev–Trinajstić information content (AvgIpc) is 2.66. The number of aryl methyl sites for hydroxylation is 2. The minimum Gasteiger partial charge on any atom is -0.305 e. The summed E-state index contributed by atoms with van der Waals surface area (Å²) >= 11 is 1.78. The van der Waals surface area contributed by atoms with E-state index < -0.39 is 0 Å². The van der Waals surface area contributed by atoms with Crippen LogP contribution in [0.15, 0.2) is 30.3 Å². The summed E-state index contributed by atoms with van der Waals surface area (Å²) in [5.41, 5.74) is 2.48. The van der Waals surface area contributed by atoms with Crippen molar-refractivity contribution in [1.82, 2.24) is 10.3 Å². The summed E-state index contributed by atoms with van der Waals surface area (Å²) in [6, 6.07) is 10.9. The fourth-order valence-corrected chi connectivity index (χ4v) is 2.73. The van der Waals surface area contributed by atoms with Gasteiger partial charge in [-0.2, -0.15) is 0 Å². The second-order valence-electron chi connectivity index (χ2n) is 4.25. The third-order valence-electron chi connectivity index (χ3n) is 2.87. The molecule has 2 rings (SSSR count). The largest absolute Gasteiger partial charge is 0.305 e. The highest BCUT2D eigenvalue weighted by Gasteiger charge is 2.07. The number of nitrogens with one attached hydrogen (secondary N) is 1. The molecule has 2 aromatic rings. The summed E-state index contributed by atoms with van der Waals surface area (Å²) in [4.78, 5) is 5.78. The van der Waals surface area contributed by atoms with Gasteiger partial charge in [0.25, 0.3) is 0 Å². The highest BCUT2D eigenvalue weighted by molar-refractivity contribution is 7.11. The van der Waals surface area contributed by atoms with E-state index in [2.05, 4.69) is 55.3 Å². The molecule has 17 heavy (non-hydrogen) atoms. The van der Waals surface area contributed by atoms with Crippen LogP contribution in [0.25, 0.3) is 0 Å². The maximum atomic E-state index is 4.44. The number of rotatable bonds is 4. The maximum Gasteiger partial charge on any atom is 0.0900 e. The zero-order valence-corrected chi connectivity index (χ0v) is 11.3. The molecule has 0 aliphatic carbocycles. The van der Waals surface area contributed by atoms with Gasteiger partial charge < -0.3 is 5.32 Å². The van der Waals surface area contributed by atoms with Crippen LogP contribution >= 0.6 is 11.3 Å². The van der Waals surface area contributed by atoms with Crippen molar-refractivity contribution < 1.29 is 0 Å². The van der Waals surface area contributed by atoms with Crippen LogP contribution in [-0.4, -0.2) is 4.98 Å². The molecule has 0 bridgehead atoms. The van der Waals surface area contributed by atoms with E-state index in [0.29, 0.717) is 6.04 Å². The van der Waals surface area contributed by atoms with Crippen LogP contribution in [0.1, 0.15) is 34.1 Å². The minimum atomic E-state index is 0.373. The highest BCUT2D eigenvalue weighted by atomic mass is 32.1. The molecule has 2 nitrogen and oxygen atoms in total. The fraction of sp³-hybridized carbons (Fsp3) is 0.357. The van der Waals surface area contributed by atoms with E-state index in [0.717, 1.165) is 17.2 Å². The molecule has 0 radical (unpaired) electrons. The van der Waals surface area contributed by atoms with Gasteiger partial charge in [0.15, 0.2) is 0 Å². The SMILES string of the molecule is Cc1nc(C)c(CN[C@@H](C)c2ccccc2)s1. The lowest BCUT2D eigenvalue weighted by Crippen LogP contribution is -2.17. The lowest BCUT2D eigenvalue weighted by molar-refractivity contribution is 0.577. The van der Waals surface area contributed by atoms with Crippen molar-refractivity contribution in [2.45, 2.75) is 33.4 Å². The molecule has 1 atom stereocenters. The van der Waals surface area contributed by atoms with Gasteiger partial charge in [0.2, 0.25) is 0 Å². The summed E-state index contributed by atoms with van der Waals surface area (Å²) in [7, 11) is 0. The van der Waals surface area contributed by atoms with Crippen LogP contribution in [0.3, 0.4) is 0 Å². The van der Waals surface area contributed by atoms with E-state index in [-0.39, 0.29) is 0 Å². The molecule has 0 aliphatic rings. The lowest BCUT2D eigenvalue weighted by atomic mass is 10.1. The van der Waals surface area contributed by atoms with Gasteiger partial charge >= 0.3 is 0 Å². The Kier molecular flexibility index (Phi) is 3.92. The molecule has 1 aromatic carbocycles. The molecule has 0 spiro atoms. The minimum absolute atomic E-state index is 0.373. The third kappa shape index (κ3) is 3.14. The van der Waals surface area contributed by atoms with Crippen LogP contribution < -0.4 is 5.32 Å². The Morgan fingerprint density at radius 1 is 1.24 bits per heavy atom. The van der Waals surface area contributed by atoms with Gasteiger partial charge in [0.05, 0.1) is 10.7 Å². The van der Waals surface area contributed by atoms with E-state index in [1.807, 2.05) is 6.07 Å². The van der Waals surface area contributed by atoms with Crippen molar-refractivity contribution >= 4 is 11.3 Å². The van der Waals surface area contributed by atoms with Gasteiger partial charge in [-0.3, -0.25) is 0 Å². The number of hydrogen-bond donors (Lipinski definition) is 1. The Balaban J connectivity index is 1.97. The lowest BCUT2D eigenvalue weighted by Gasteiger charge is -2.13. The van der Waals surface area contributed by atoms with E-state index in [4.69, 9.17) is 0 Å². The molecule has 0 aliphatic heterocycles. The van der Waals surface area contributed by atoms with Gasteiger partial charge in [-0.25, -0.2) is 4.98 Å². The first-order valence-corrected chi connectivity index (χ1v) is 6.69. The zero-order chi connectivity index (χ0) is 12.3. The van der Waals surface area contributed by atoms with Crippen molar-refractivity contribution in [1.29, 1.82) is 0 Å². The first-order chi connectivity index (χ1) is 8.16. The molecule has 3 heteroatoms. The summed E-state index contributed by atoms with van der Waals surface area (Å²) in [6.07, 6.45) is 0. The molecule has 1 heterocycles. The highest BCUT2D eigenvalue weighted by Crippen LogP contribution is 2.18.